The van der Waals surface area contributed by atoms with Gasteiger partial charge in [0.2, 0.25) is 11.9 Å². The van der Waals surface area contributed by atoms with Crippen LogP contribution < -0.4 is 9.64 Å². The molecule has 0 aliphatic carbocycles. The molecule has 8 nitrogen and oxygen atoms in total. The largest absolute Gasteiger partial charge is 0.494 e. The maximum atomic E-state index is 13.7. The van der Waals surface area contributed by atoms with E-state index in [1.54, 1.807) is 18.9 Å². The lowest BCUT2D eigenvalue weighted by atomic mass is 9.89. The summed E-state index contributed by atoms with van der Waals surface area (Å²) in [6.07, 6.45) is 0.620. The lowest BCUT2D eigenvalue weighted by Gasteiger charge is -2.38. The number of hydrogen-bond donors (Lipinski definition) is 0. The van der Waals surface area contributed by atoms with Crippen molar-refractivity contribution in [2.75, 3.05) is 38.4 Å². The van der Waals surface area contributed by atoms with E-state index in [9.17, 15) is 9.59 Å². The summed E-state index contributed by atoms with van der Waals surface area (Å²) in [7, 11) is 1.62. The first-order valence-electron chi connectivity index (χ1n) is 11.3. The van der Waals surface area contributed by atoms with Crippen LogP contribution in [0.4, 0.5) is 5.95 Å². The van der Waals surface area contributed by atoms with Gasteiger partial charge in [-0.15, -0.1) is 0 Å². The number of imidazole rings is 1. The topological polar surface area (TPSA) is 82.9 Å². The third-order valence-corrected chi connectivity index (χ3v) is 5.75. The number of para-hydroxylation sites is 2. The predicted molar refractivity (Wildman–Crippen MR) is 124 cm³/mol. The highest BCUT2D eigenvalue weighted by Gasteiger charge is 2.47. The summed E-state index contributed by atoms with van der Waals surface area (Å²) >= 11 is 0. The van der Waals surface area contributed by atoms with Gasteiger partial charge in [0, 0.05) is 20.3 Å². The van der Waals surface area contributed by atoms with Crippen molar-refractivity contribution in [1.82, 2.24) is 9.55 Å². The first kappa shape index (κ1) is 22.8. The van der Waals surface area contributed by atoms with Gasteiger partial charge in [-0.25, -0.2) is 4.98 Å². The van der Waals surface area contributed by atoms with E-state index in [4.69, 9.17) is 19.2 Å². The van der Waals surface area contributed by atoms with Crippen LogP contribution in [0, 0.1) is 5.92 Å². The van der Waals surface area contributed by atoms with Crippen LogP contribution in [0.3, 0.4) is 0 Å². The van der Waals surface area contributed by atoms with Gasteiger partial charge in [-0.2, -0.15) is 0 Å². The number of anilines is 1. The van der Waals surface area contributed by atoms with Gasteiger partial charge in [0.25, 0.3) is 0 Å². The molecule has 0 saturated heterocycles. The number of ether oxygens (including phenoxy) is 3. The lowest BCUT2D eigenvalue weighted by Crippen LogP contribution is -2.50. The van der Waals surface area contributed by atoms with Crippen LogP contribution >= 0.6 is 0 Å². The second kappa shape index (κ2) is 10.0. The molecule has 0 saturated carbocycles. The fourth-order valence-electron chi connectivity index (χ4n) is 4.36. The van der Waals surface area contributed by atoms with E-state index in [-0.39, 0.29) is 12.5 Å². The summed E-state index contributed by atoms with van der Waals surface area (Å²) in [5.41, 5.74) is 2.42. The van der Waals surface area contributed by atoms with Crippen molar-refractivity contribution in [3.63, 3.8) is 0 Å². The fraction of sp³-hybridized carbons (Fsp3) is 0.400. The average molecular weight is 452 g/mol. The molecule has 174 valence electrons. The Morgan fingerprint density at radius 1 is 1.06 bits per heavy atom. The summed E-state index contributed by atoms with van der Waals surface area (Å²) in [4.78, 5) is 33.3. The second-order valence-electron chi connectivity index (χ2n) is 7.78. The summed E-state index contributed by atoms with van der Waals surface area (Å²) in [5.74, 6) is -0.631. The van der Waals surface area contributed by atoms with Crippen LogP contribution in [0.25, 0.3) is 11.0 Å². The molecule has 2 heterocycles. The second-order valence-corrected chi connectivity index (χ2v) is 7.78. The van der Waals surface area contributed by atoms with E-state index in [1.165, 1.54) is 0 Å². The minimum absolute atomic E-state index is 0.194. The average Bonchev–Trinajstić information content (AvgIpc) is 3.20. The van der Waals surface area contributed by atoms with Crippen LogP contribution in [0.15, 0.2) is 48.5 Å². The molecule has 33 heavy (non-hydrogen) atoms. The Labute approximate surface area is 193 Å². The molecular formula is C25H29N3O5. The van der Waals surface area contributed by atoms with Gasteiger partial charge in [0.05, 0.1) is 30.3 Å². The molecule has 0 N–H and O–H groups in total. The SMILES string of the molecule is CCOC(=O)C1C(=O)N(CCCOC)c2nc3ccccc3n2C1c1ccc(OCC)cc1. The van der Waals surface area contributed by atoms with Crippen molar-refractivity contribution in [1.29, 1.82) is 0 Å². The minimum atomic E-state index is -1.03. The first-order chi connectivity index (χ1) is 16.1. The number of benzene rings is 2. The molecule has 3 aromatic rings. The van der Waals surface area contributed by atoms with Gasteiger partial charge in [0.15, 0.2) is 5.92 Å². The number of rotatable bonds is 9. The fourth-order valence-corrected chi connectivity index (χ4v) is 4.36. The highest BCUT2D eigenvalue weighted by Crippen LogP contribution is 2.41. The number of esters is 1. The van der Waals surface area contributed by atoms with Crippen molar-refractivity contribution in [3.05, 3.63) is 54.1 Å². The van der Waals surface area contributed by atoms with Gasteiger partial charge >= 0.3 is 5.97 Å². The molecule has 2 unspecified atom stereocenters. The van der Waals surface area contributed by atoms with Gasteiger partial charge < -0.3 is 18.8 Å². The molecule has 1 aliphatic heterocycles. The number of hydrogen-bond acceptors (Lipinski definition) is 6. The zero-order valence-corrected chi connectivity index (χ0v) is 19.2. The van der Waals surface area contributed by atoms with Gasteiger partial charge in [-0.3, -0.25) is 14.5 Å². The highest BCUT2D eigenvalue weighted by atomic mass is 16.5. The van der Waals surface area contributed by atoms with E-state index >= 15 is 0 Å². The number of methoxy groups -OCH3 is 1. The highest BCUT2D eigenvalue weighted by molar-refractivity contribution is 6.08. The molecule has 0 radical (unpaired) electrons. The molecule has 0 spiro atoms. The Morgan fingerprint density at radius 2 is 1.82 bits per heavy atom. The summed E-state index contributed by atoms with van der Waals surface area (Å²) in [6, 6.07) is 14.6. The van der Waals surface area contributed by atoms with Gasteiger partial charge in [-0.05, 0) is 50.1 Å². The van der Waals surface area contributed by atoms with Crippen LogP contribution in [-0.4, -0.2) is 54.9 Å². The Balaban J connectivity index is 1.89. The summed E-state index contributed by atoms with van der Waals surface area (Å²) < 4.78 is 18.1. The number of aromatic nitrogens is 2. The minimum Gasteiger partial charge on any atom is -0.494 e. The van der Waals surface area contributed by atoms with E-state index in [1.807, 2.05) is 60.0 Å². The normalized spacial score (nSPS) is 17.8. The van der Waals surface area contributed by atoms with E-state index < -0.39 is 17.9 Å². The van der Waals surface area contributed by atoms with Crippen molar-refractivity contribution < 1.29 is 23.8 Å². The number of nitrogens with zero attached hydrogens (tertiary/aromatic N) is 3. The Morgan fingerprint density at radius 3 is 2.52 bits per heavy atom. The zero-order chi connectivity index (χ0) is 23.4. The van der Waals surface area contributed by atoms with Crippen LogP contribution in [0.1, 0.15) is 31.9 Å². The van der Waals surface area contributed by atoms with E-state index in [0.29, 0.717) is 32.1 Å². The maximum Gasteiger partial charge on any atom is 0.321 e. The number of carbonyl (C=O) groups is 2. The molecule has 1 aliphatic rings. The van der Waals surface area contributed by atoms with Crippen molar-refractivity contribution in [3.8, 4) is 5.75 Å². The lowest BCUT2D eigenvalue weighted by molar-refractivity contribution is -0.153. The van der Waals surface area contributed by atoms with Crippen LogP contribution in [0.5, 0.6) is 5.75 Å². The van der Waals surface area contributed by atoms with Crippen LogP contribution in [0.2, 0.25) is 0 Å². The third kappa shape index (κ3) is 4.30. The quantitative estimate of drug-likeness (QED) is 0.281. The molecule has 0 bridgehead atoms. The maximum absolute atomic E-state index is 13.7. The van der Waals surface area contributed by atoms with Crippen molar-refractivity contribution >= 4 is 28.9 Å². The molecule has 1 amide bonds. The van der Waals surface area contributed by atoms with Crippen LogP contribution in [-0.2, 0) is 19.1 Å². The standard InChI is InChI=1S/C25H29N3O5/c1-4-32-18-13-11-17(12-14-18)22-21(24(30)33-5-2)23(29)27(15-8-16-31-3)25-26-19-9-6-7-10-20(19)28(22)25/h6-7,9-14,21-22H,4-5,8,15-16H2,1-3H3. The Kier molecular flexibility index (Phi) is 6.93. The molecule has 2 aromatic carbocycles. The zero-order valence-electron chi connectivity index (χ0n) is 19.2. The predicted octanol–water partition coefficient (Wildman–Crippen LogP) is 3.59. The van der Waals surface area contributed by atoms with Gasteiger partial charge in [0.1, 0.15) is 5.75 Å². The molecule has 0 fully saturated rings. The summed E-state index contributed by atoms with van der Waals surface area (Å²) in [5, 5.41) is 0. The van der Waals surface area contributed by atoms with E-state index in [0.717, 1.165) is 22.3 Å². The molecule has 4 rings (SSSR count). The number of carbonyl (C=O) groups excluding carboxylic acids is 2. The molecule has 1 aromatic heterocycles. The molecular weight excluding hydrogens is 422 g/mol. The van der Waals surface area contributed by atoms with Crippen molar-refractivity contribution in [2.24, 2.45) is 5.92 Å². The third-order valence-electron chi connectivity index (χ3n) is 5.75. The monoisotopic (exact) mass is 451 g/mol. The van der Waals surface area contributed by atoms with E-state index in [2.05, 4.69) is 0 Å². The number of amides is 1. The smallest absolute Gasteiger partial charge is 0.321 e. The Hall–Kier alpha value is -3.39. The number of fused-ring (bicyclic) bond motifs is 3. The first-order valence-corrected chi connectivity index (χ1v) is 11.3. The molecule has 8 heteroatoms. The Bertz CT molecular complexity index is 1120. The van der Waals surface area contributed by atoms with Gasteiger partial charge in [-0.1, -0.05) is 24.3 Å². The summed E-state index contributed by atoms with van der Waals surface area (Å²) in [6.45, 7) is 5.30. The molecule has 2 atom stereocenters. The van der Waals surface area contributed by atoms with Crippen molar-refractivity contribution in [2.45, 2.75) is 26.3 Å².